The van der Waals surface area contributed by atoms with Gasteiger partial charge in [0.25, 0.3) is 0 Å². The Kier molecular flexibility index (Phi) is 6.60. The van der Waals surface area contributed by atoms with Crippen LogP contribution in [0.25, 0.3) is 10.2 Å². The average molecular weight is 522 g/mol. The molecule has 0 N–H and O–H groups in total. The minimum absolute atomic E-state index is 0.0212. The van der Waals surface area contributed by atoms with Crippen molar-refractivity contribution in [3.63, 3.8) is 0 Å². The van der Waals surface area contributed by atoms with Gasteiger partial charge in [-0.05, 0) is 50.8 Å². The van der Waals surface area contributed by atoms with Crippen molar-refractivity contribution in [3.8, 4) is 0 Å². The van der Waals surface area contributed by atoms with Crippen LogP contribution in [-0.4, -0.2) is 55.5 Å². The van der Waals surface area contributed by atoms with E-state index in [1.54, 1.807) is 24.3 Å². The highest BCUT2D eigenvalue weighted by molar-refractivity contribution is 7.89. The summed E-state index contributed by atoms with van der Waals surface area (Å²) in [6.45, 7) is 2.83. The molecule has 2 saturated heterocycles. The quantitative estimate of drug-likeness (QED) is 0.485. The number of carbonyl (C=O) groups is 1. The summed E-state index contributed by atoms with van der Waals surface area (Å²) in [6, 6.07) is 7.54. The second kappa shape index (κ2) is 9.53. The van der Waals surface area contributed by atoms with Crippen LogP contribution in [0.4, 0.5) is 13.9 Å². The van der Waals surface area contributed by atoms with Gasteiger partial charge < -0.3 is 4.74 Å². The number of rotatable bonds is 6. The van der Waals surface area contributed by atoms with Gasteiger partial charge >= 0.3 is 0 Å². The third-order valence-corrected chi connectivity index (χ3v) is 9.37. The first-order valence-electron chi connectivity index (χ1n) is 11.5. The maximum Gasteiger partial charge on any atom is 0.247 e. The number of thiazole rings is 1. The molecule has 2 fully saturated rings. The lowest BCUT2D eigenvalue weighted by Gasteiger charge is -2.29. The van der Waals surface area contributed by atoms with E-state index in [1.807, 2.05) is 6.92 Å². The first-order chi connectivity index (χ1) is 16.7. The highest BCUT2D eigenvalue weighted by Crippen LogP contribution is 2.35. The molecule has 2 aliphatic heterocycles. The van der Waals surface area contributed by atoms with E-state index in [0.717, 1.165) is 35.8 Å². The summed E-state index contributed by atoms with van der Waals surface area (Å²) < 4.78 is 62.2. The predicted octanol–water partition coefficient (Wildman–Crippen LogP) is 4.25. The highest BCUT2D eigenvalue weighted by Gasteiger charge is 2.42. The molecule has 2 aromatic carbocycles. The van der Waals surface area contributed by atoms with Gasteiger partial charge in [0.15, 0.2) is 10.9 Å². The van der Waals surface area contributed by atoms with Gasteiger partial charge in [0, 0.05) is 19.2 Å². The number of anilines is 1. The van der Waals surface area contributed by atoms with E-state index in [-0.39, 0.29) is 39.4 Å². The van der Waals surface area contributed by atoms with Crippen molar-refractivity contribution >= 4 is 42.6 Å². The number of halogens is 2. The minimum atomic E-state index is -3.90. The number of fused-ring (bicyclic) bond motifs is 1. The Labute approximate surface area is 206 Å². The molecule has 0 radical (unpaired) electrons. The van der Waals surface area contributed by atoms with E-state index >= 15 is 0 Å². The number of hydrogen-bond acceptors (Lipinski definition) is 6. The molecule has 1 amide bonds. The van der Waals surface area contributed by atoms with E-state index < -0.39 is 33.6 Å². The van der Waals surface area contributed by atoms with E-state index in [2.05, 4.69) is 4.98 Å². The summed E-state index contributed by atoms with van der Waals surface area (Å²) in [4.78, 5) is 19.7. The molecule has 186 valence electrons. The van der Waals surface area contributed by atoms with Gasteiger partial charge in [0.2, 0.25) is 15.9 Å². The third kappa shape index (κ3) is 4.69. The largest absolute Gasteiger partial charge is 0.376 e. The Balaban J connectivity index is 1.50. The van der Waals surface area contributed by atoms with E-state index in [9.17, 15) is 22.0 Å². The predicted molar refractivity (Wildman–Crippen MR) is 129 cm³/mol. The van der Waals surface area contributed by atoms with Gasteiger partial charge in [-0.1, -0.05) is 29.0 Å². The Bertz CT molecular complexity index is 1360. The maximum atomic E-state index is 14.4. The summed E-state index contributed by atoms with van der Waals surface area (Å²) in [6.07, 6.45) is 2.25. The fraction of sp³-hybridized carbons (Fsp3) is 0.417. The van der Waals surface area contributed by atoms with Crippen molar-refractivity contribution in [2.24, 2.45) is 0 Å². The number of hydrogen-bond donors (Lipinski definition) is 0. The van der Waals surface area contributed by atoms with Crippen molar-refractivity contribution in [3.05, 3.63) is 53.6 Å². The monoisotopic (exact) mass is 521 g/mol. The second-order valence-corrected chi connectivity index (χ2v) is 11.8. The average Bonchev–Trinajstić information content (AvgIpc) is 3.57. The first kappa shape index (κ1) is 24.2. The fourth-order valence-corrected chi connectivity index (χ4v) is 7.29. The number of nitrogens with zero attached hydrogens (tertiary/aromatic N) is 3. The molecular weight excluding hydrogens is 496 g/mol. The molecule has 2 atom stereocenters. The van der Waals surface area contributed by atoms with Crippen molar-refractivity contribution in [1.82, 2.24) is 9.29 Å². The number of amides is 1. The molecule has 0 bridgehead atoms. The SMILES string of the molecule is Cc1ccc(S(=O)(=O)N2CCCC2C(=O)N(CC2CCCO2)c2nc3c(F)cc(F)cc3s2)cc1. The zero-order chi connectivity index (χ0) is 24.7. The Morgan fingerprint density at radius 1 is 1.20 bits per heavy atom. The lowest BCUT2D eigenvalue weighted by molar-refractivity contribution is -0.122. The van der Waals surface area contributed by atoms with E-state index in [4.69, 9.17) is 4.74 Å². The zero-order valence-corrected chi connectivity index (χ0v) is 20.7. The smallest absolute Gasteiger partial charge is 0.247 e. The Morgan fingerprint density at radius 3 is 2.69 bits per heavy atom. The number of benzene rings is 2. The normalized spacial score (nSPS) is 21.1. The molecule has 3 aromatic rings. The molecular formula is C24H25F2N3O4S2. The molecule has 7 nitrogen and oxygen atoms in total. The highest BCUT2D eigenvalue weighted by atomic mass is 32.2. The summed E-state index contributed by atoms with van der Waals surface area (Å²) >= 11 is 1.00. The van der Waals surface area contributed by atoms with Gasteiger partial charge in [-0.3, -0.25) is 9.69 Å². The maximum absolute atomic E-state index is 14.4. The standard InChI is InChI=1S/C24H25F2N3O4S2/c1-15-6-8-18(9-7-15)35(31,32)29-10-2-5-20(29)23(30)28(14-17-4-3-11-33-17)24-27-22-19(26)12-16(25)13-21(22)34-24/h6-9,12-13,17,20H,2-5,10-11,14H2,1H3. The van der Waals surface area contributed by atoms with Crippen LogP contribution in [0.5, 0.6) is 0 Å². The zero-order valence-electron chi connectivity index (χ0n) is 19.1. The van der Waals surface area contributed by atoms with Gasteiger partial charge in [0.05, 0.1) is 22.2 Å². The molecule has 2 aliphatic rings. The van der Waals surface area contributed by atoms with Crippen molar-refractivity contribution in [1.29, 1.82) is 0 Å². The van der Waals surface area contributed by atoms with Crippen molar-refractivity contribution in [2.45, 2.75) is 49.6 Å². The fourth-order valence-electron chi connectivity index (χ4n) is 4.62. The molecule has 3 heterocycles. The molecule has 1 aromatic heterocycles. The Morgan fingerprint density at radius 2 is 1.97 bits per heavy atom. The first-order valence-corrected chi connectivity index (χ1v) is 13.8. The summed E-state index contributed by atoms with van der Waals surface area (Å²) in [5.74, 6) is -1.97. The molecule has 0 aliphatic carbocycles. The Hall–Kier alpha value is -2.47. The molecule has 2 unspecified atom stereocenters. The lowest BCUT2D eigenvalue weighted by atomic mass is 10.2. The summed E-state index contributed by atoms with van der Waals surface area (Å²) in [5, 5.41) is 0.199. The number of ether oxygens (including phenoxy) is 1. The van der Waals surface area contributed by atoms with Gasteiger partial charge in [0.1, 0.15) is 17.4 Å². The number of aromatic nitrogens is 1. The number of sulfonamides is 1. The van der Waals surface area contributed by atoms with Crippen LogP contribution < -0.4 is 4.90 Å². The molecule has 35 heavy (non-hydrogen) atoms. The van der Waals surface area contributed by atoms with Crippen molar-refractivity contribution in [2.75, 3.05) is 24.6 Å². The van der Waals surface area contributed by atoms with Crippen LogP contribution in [0.15, 0.2) is 41.3 Å². The van der Waals surface area contributed by atoms with Gasteiger partial charge in [-0.2, -0.15) is 4.31 Å². The van der Waals surface area contributed by atoms with Crippen molar-refractivity contribution < 1.29 is 26.7 Å². The van der Waals surface area contributed by atoms with Crippen LogP contribution in [0.2, 0.25) is 0 Å². The minimum Gasteiger partial charge on any atom is -0.376 e. The molecule has 5 rings (SSSR count). The summed E-state index contributed by atoms with van der Waals surface area (Å²) in [5.41, 5.74) is 0.910. The molecule has 11 heteroatoms. The van der Waals surface area contributed by atoms with E-state index in [0.29, 0.717) is 19.4 Å². The molecule has 0 saturated carbocycles. The lowest BCUT2D eigenvalue weighted by Crippen LogP contribution is -2.49. The summed E-state index contributed by atoms with van der Waals surface area (Å²) in [7, 11) is -3.90. The number of carbonyl (C=O) groups excluding carboxylic acids is 1. The van der Waals surface area contributed by atoms with Crippen LogP contribution in [0.3, 0.4) is 0 Å². The van der Waals surface area contributed by atoms with Crippen LogP contribution in [-0.2, 0) is 19.6 Å². The van der Waals surface area contributed by atoms with Gasteiger partial charge in [-0.25, -0.2) is 22.2 Å². The second-order valence-electron chi connectivity index (χ2n) is 8.90. The van der Waals surface area contributed by atoms with E-state index in [1.165, 1.54) is 15.3 Å². The van der Waals surface area contributed by atoms with Crippen LogP contribution in [0.1, 0.15) is 31.2 Å². The van der Waals surface area contributed by atoms with Crippen LogP contribution in [0, 0.1) is 18.6 Å². The van der Waals surface area contributed by atoms with Gasteiger partial charge in [-0.15, -0.1) is 0 Å². The van der Waals surface area contributed by atoms with Crippen LogP contribution >= 0.6 is 11.3 Å². The molecule has 0 spiro atoms. The topological polar surface area (TPSA) is 79.8 Å². The third-order valence-electron chi connectivity index (χ3n) is 6.43. The number of aryl methyl sites for hydroxylation is 1.